The van der Waals surface area contributed by atoms with Gasteiger partial charge in [-0.25, -0.2) is 5.84 Å². The number of carbonyl (C=O) groups excluding carboxylic acids is 1. The molecule has 0 radical (unpaired) electrons. The second-order valence-electron chi connectivity index (χ2n) is 3.86. The number of nitrogens with zero attached hydrogens (tertiary/aromatic N) is 1. The van der Waals surface area contributed by atoms with Gasteiger partial charge < -0.3 is 4.42 Å². The highest BCUT2D eigenvalue weighted by Gasteiger charge is 2.21. The summed E-state index contributed by atoms with van der Waals surface area (Å²) in [6, 6.07) is 7.64. The molecule has 4 heteroatoms. The Balaban J connectivity index is 2.44. The van der Waals surface area contributed by atoms with Crippen LogP contribution in [0.25, 0.3) is 11.0 Å². The Bertz CT molecular complexity index is 516. The van der Waals surface area contributed by atoms with E-state index in [4.69, 9.17) is 10.3 Å². The number of fused-ring (bicyclic) bond motifs is 1. The Hall–Kier alpha value is -1.81. The van der Waals surface area contributed by atoms with E-state index in [0.29, 0.717) is 0 Å². The lowest BCUT2D eigenvalue weighted by Crippen LogP contribution is -2.36. The number of carbonyl (C=O) groups is 1. The van der Waals surface area contributed by atoms with Gasteiger partial charge in [0.05, 0.1) is 12.2 Å². The molecule has 0 aliphatic carbocycles. The Morgan fingerprint density at radius 2 is 2.12 bits per heavy atom. The van der Waals surface area contributed by atoms with Gasteiger partial charge in [0, 0.05) is 18.0 Å². The van der Waals surface area contributed by atoms with E-state index in [9.17, 15) is 4.79 Å². The largest absolute Gasteiger partial charge is 0.464 e. The normalized spacial score (nSPS) is 12.7. The summed E-state index contributed by atoms with van der Waals surface area (Å²) in [5.41, 5.74) is 1.66. The molecule has 0 aliphatic heterocycles. The van der Waals surface area contributed by atoms with Crippen LogP contribution in [0.3, 0.4) is 0 Å². The molecule has 0 fully saturated rings. The number of rotatable bonds is 2. The summed E-state index contributed by atoms with van der Waals surface area (Å²) in [7, 11) is 1.54. The lowest BCUT2D eigenvalue weighted by molar-refractivity contribution is -0.131. The van der Waals surface area contributed by atoms with Crippen molar-refractivity contribution in [2.75, 3.05) is 7.05 Å². The first kappa shape index (κ1) is 10.7. The van der Waals surface area contributed by atoms with Gasteiger partial charge in [-0.1, -0.05) is 18.2 Å². The maximum Gasteiger partial charge on any atom is 0.243 e. The van der Waals surface area contributed by atoms with E-state index in [1.165, 1.54) is 0 Å². The van der Waals surface area contributed by atoms with E-state index < -0.39 is 0 Å². The summed E-state index contributed by atoms with van der Waals surface area (Å²) < 4.78 is 5.39. The third-order valence-corrected chi connectivity index (χ3v) is 2.70. The molecule has 2 aromatic rings. The monoisotopic (exact) mass is 218 g/mol. The van der Waals surface area contributed by atoms with Crippen molar-refractivity contribution in [2.45, 2.75) is 12.8 Å². The first-order chi connectivity index (χ1) is 7.61. The van der Waals surface area contributed by atoms with E-state index in [1.54, 1.807) is 13.3 Å². The fourth-order valence-electron chi connectivity index (χ4n) is 1.77. The molecule has 1 aromatic heterocycles. The molecule has 0 spiro atoms. The number of nitrogens with two attached hydrogens (primary N) is 1. The number of likely N-dealkylation sites (N-methyl/N-ethyl adjacent to an activating group) is 1. The van der Waals surface area contributed by atoms with Gasteiger partial charge in [-0.3, -0.25) is 9.80 Å². The fraction of sp³-hybridized carbons (Fsp3) is 0.250. The molecular formula is C12H14N2O2. The Morgan fingerprint density at radius 3 is 2.81 bits per heavy atom. The average Bonchev–Trinajstić information content (AvgIpc) is 2.70. The van der Waals surface area contributed by atoms with Gasteiger partial charge in [0.1, 0.15) is 5.58 Å². The van der Waals surface area contributed by atoms with Crippen molar-refractivity contribution in [3.8, 4) is 0 Å². The smallest absolute Gasteiger partial charge is 0.243 e. The molecule has 1 heterocycles. The van der Waals surface area contributed by atoms with Crippen LogP contribution in [0.4, 0.5) is 0 Å². The molecule has 1 atom stereocenters. The number of furan rings is 1. The SMILES string of the molecule is CC(C(=O)N(C)N)c1coc2ccccc12. The van der Waals surface area contributed by atoms with E-state index in [2.05, 4.69) is 0 Å². The highest BCUT2D eigenvalue weighted by Crippen LogP contribution is 2.27. The number of amides is 1. The van der Waals surface area contributed by atoms with Gasteiger partial charge in [-0.15, -0.1) is 0 Å². The molecule has 2 rings (SSSR count). The van der Waals surface area contributed by atoms with Crippen LogP contribution in [-0.2, 0) is 4.79 Å². The lowest BCUT2D eigenvalue weighted by Gasteiger charge is -2.15. The third kappa shape index (κ3) is 1.67. The summed E-state index contributed by atoms with van der Waals surface area (Å²) in [6.45, 7) is 1.82. The molecular weight excluding hydrogens is 204 g/mol. The molecule has 1 unspecified atom stereocenters. The van der Waals surface area contributed by atoms with Crippen LogP contribution in [0.1, 0.15) is 18.4 Å². The first-order valence-electron chi connectivity index (χ1n) is 5.09. The zero-order valence-electron chi connectivity index (χ0n) is 9.31. The Kier molecular flexibility index (Phi) is 2.66. The summed E-state index contributed by atoms with van der Waals surface area (Å²) in [6.07, 6.45) is 1.62. The second-order valence-corrected chi connectivity index (χ2v) is 3.86. The minimum absolute atomic E-state index is 0.133. The minimum atomic E-state index is -0.293. The summed E-state index contributed by atoms with van der Waals surface area (Å²) in [5, 5.41) is 2.07. The molecule has 2 N–H and O–H groups in total. The van der Waals surface area contributed by atoms with Gasteiger partial charge in [0.2, 0.25) is 5.91 Å². The summed E-state index contributed by atoms with van der Waals surface area (Å²) >= 11 is 0. The molecule has 0 saturated carbocycles. The van der Waals surface area contributed by atoms with Crippen LogP contribution in [0.2, 0.25) is 0 Å². The van der Waals surface area contributed by atoms with Crippen LogP contribution < -0.4 is 5.84 Å². The van der Waals surface area contributed by atoms with E-state index in [0.717, 1.165) is 21.5 Å². The highest BCUT2D eigenvalue weighted by atomic mass is 16.3. The molecule has 16 heavy (non-hydrogen) atoms. The van der Waals surface area contributed by atoms with Crippen molar-refractivity contribution in [1.82, 2.24) is 5.01 Å². The third-order valence-electron chi connectivity index (χ3n) is 2.70. The average molecular weight is 218 g/mol. The van der Waals surface area contributed by atoms with Gasteiger partial charge in [-0.2, -0.15) is 0 Å². The Labute approximate surface area is 93.6 Å². The summed E-state index contributed by atoms with van der Waals surface area (Å²) in [4.78, 5) is 11.7. The maximum absolute atomic E-state index is 11.7. The molecule has 1 aromatic carbocycles. The van der Waals surface area contributed by atoms with Crippen molar-refractivity contribution in [3.05, 3.63) is 36.1 Å². The van der Waals surface area contributed by atoms with Gasteiger partial charge in [-0.05, 0) is 13.0 Å². The van der Waals surface area contributed by atoms with Crippen molar-refractivity contribution in [2.24, 2.45) is 5.84 Å². The Morgan fingerprint density at radius 1 is 1.44 bits per heavy atom. The molecule has 0 aliphatic rings. The quantitative estimate of drug-likeness (QED) is 0.475. The number of hydrazine groups is 1. The zero-order valence-corrected chi connectivity index (χ0v) is 9.31. The number of benzene rings is 1. The second kappa shape index (κ2) is 3.98. The number of hydrogen-bond acceptors (Lipinski definition) is 3. The van der Waals surface area contributed by atoms with E-state index in [-0.39, 0.29) is 11.8 Å². The van der Waals surface area contributed by atoms with Crippen LogP contribution in [0, 0.1) is 0 Å². The topological polar surface area (TPSA) is 59.5 Å². The minimum Gasteiger partial charge on any atom is -0.464 e. The van der Waals surface area contributed by atoms with Gasteiger partial charge >= 0.3 is 0 Å². The summed E-state index contributed by atoms with van der Waals surface area (Å²) in [5.74, 6) is 5.01. The fourth-order valence-corrected chi connectivity index (χ4v) is 1.77. The van der Waals surface area contributed by atoms with Crippen molar-refractivity contribution < 1.29 is 9.21 Å². The van der Waals surface area contributed by atoms with Crippen LogP contribution in [0.15, 0.2) is 34.9 Å². The zero-order chi connectivity index (χ0) is 11.7. The molecule has 0 saturated heterocycles. The first-order valence-corrected chi connectivity index (χ1v) is 5.09. The van der Waals surface area contributed by atoms with E-state index in [1.807, 2.05) is 31.2 Å². The van der Waals surface area contributed by atoms with E-state index >= 15 is 0 Å². The lowest BCUT2D eigenvalue weighted by atomic mass is 10.00. The molecule has 1 amide bonds. The van der Waals surface area contributed by atoms with Crippen LogP contribution in [-0.4, -0.2) is 18.0 Å². The highest BCUT2D eigenvalue weighted by molar-refractivity contribution is 5.90. The maximum atomic E-state index is 11.7. The number of hydrogen-bond donors (Lipinski definition) is 1. The molecule has 4 nitrogen and oxygen atoms in total. The molecule has 84 valence electrons. The van der Waals surface area contributed by atoms with Gasteiger partial charge in [0.25, 0.3) is 0 Å². The van der Waals surface area contributed by atoms with Crippen molar-refractivity contribution in [1.29, 1.82) is 0 Å². The molecule has 0 bridgehead atoms. The number of para-hydroxylation sites is 1. The predicted molar refractivity (Wildman–Crippen MR) is 61.6 cm³/mol. The van der Waals surface area contributed by atoms with Crippen LogP contribution >= 0.6 is 0 Å². The van der Waals surface area contributed by atoms with Crippen LogP contribution in [0.5, 0.6) is 0 Å². The van der Waals surface area contributed by atoms with Crippen molar-refractivity contribution >= 4 is 16.9 Å². The standard InChI is InChI=1S/C12H14N2O2/c1-8(12(15)14(2)13)10-7-16-11-6-4-3-5-9(10)11/h3-8H,13H2,1-2H3. The predicted octanol–water partition coefficient (Wildman–Crippen LogP) is 1.87. The van der Waals surface area contributed by atoms with Crippen molar-refractivity contribution in [3.63, 3.8) is 0 Å². The van der Waals surface area contributed by atoms with Gasteiger partial charge in [0.15, 0.2) is 0 Å².